The lowest BCUT2D eigenvalue weighted by Gasteiger charge is -2.21. The molecule has 1 aliphatic rings. The number of carbonyl (C=O) groups is 2. The summed E-state index contributed by atoms with van der Waals surface area (Å²) in [5.41, 5.74) is 1.68. The number of imidazole rings is 1. The van der Waals surface area contributed by atoms with Gasteiger partial charge in [-0.25, -0.2) is 4.79 Å². The van der Waals surface area contributed by atoms with Crippen molar-refractivity contribution in [3.05, 3.63) is 28.7 Å². The molecule has 1 aliphatic heterocycles. The number of anilines is 1. The Kier molecular flexibility index (Phi) is 3.02. The molecule has 1 fully saturated rings. The minimum absolute atomic E-state index is 0.0135. The van der Waals surface area contributed by atoms with E-state index >= 15 is 0 Å². The molecule has 3 rings (SSSR count). The molecule has 1 aromatic carbocycles. The average Bonchev–Trinajstić information content (AvgIpc) is 2.78. The maximum absolute atomic E-state index is 12.1. The largest absolute Gasteiger partial charge is 0.355 e. The predicted molar refractivity (Wildman–Crippen MR) is 73.3 cm³/mol. The zero-order valence-electron chi connectivity index (χ0n) is 10.7. The Labute approximate surface area is 113 Å². The van der Waals surface area contributed by atoms with Crippen LogP contribution < -0.4 is 16.3 Å². The molecule has 1 atom stereocenters. The van der Waals surface area contributed by atoms with E-state index in [-0.39, 0.29) is 23.4 Å². The maximum Gasteiger partial charge on any atom is 0.323 e. The van der Waals surface area contributed by atoms with Gasteiger partial charge in [-0.15, -0.1) is 0 Å². The zero-order valence-corrected chi connectivity index (χ0v) is 10.7. The molecule has 20 heavy (non-hydrogen) atoms. The van der Waals surface area contributed by atoms with Crippen LogP contribution in [0.15, 0.2) is 23.0 Å². The number of fused-ring (bicyclic) bond motifs is 1. The SMILES string of the molecule is O=C1CCC(C(=O)Nc2ccc3[nH]c(=O)[nH]c3c2)CN1. The molecule has 104 valence electrons. The average molecular weight is 274 g/mol. The normalized spacial score (nSPS) is 18.8. The lowest BCUT2D eigenvalue weighted by Crippen LogP contribution is -2.40. The monoisotopic (exact) mass is 274 g/mol. The van der Waals surface area contributed by atoms with Crippen LogP contribution in [0.25, 0.3) is 11.0 Å². The zero-order chi connectivity index (χ0) is 14.1. The van der Waals surface area contributed by atoms with Crippen LogP contribution in [0.1, 0.15) is 12.8 Å². The van der Waals surface area contributed by atoms with E-state index < -0.39 is 0 Å². The third kappa shape index (κ3) is 2.42. The van der Waals surface area contributed by atoms with Gasteiger partial charge in [0, 0.05) is 18.7 Å². The minimum Gasteiger partial charge on any atom is -0.355 e. The number of rotatable bonds is 2. The minimum atomic E-state index is -0.279. The maximum atomic E-state index is 12.1. The van der Waals surface area contributed by atoms with Gasteiger partial charge >= 0.3 is 5.69 Å². The Morgan fingerprint density at radius 2 is 2.00 bits per heavy atom. The fourth-order valence-corrected chi connectivity index (χ4v) is 2.31. The molecule has 0 bridgehead atoms. The van der Waals surface area contributed by atoms with Gasteiger partial charge in [0.25, 0.3) is 0 Å². The van der Waals surface area contributed by atoms with E-state index in [1.54, 1.807) is 18.2 Å². The van der Waals surface area contributed by atoms with Crippen molar-refractivity contribution in [3.8, 4) is 0 Å². The van der Waals surface area contributed by atoms with Gasteiger partial charge in [-0.2, -0.15) is 0 Å². The summed E-state index contributed by atoms with van der Waals surface area (Å²) >= 11 is 0. The fraction of sp³-hybridized carbons (Fsp3) is 0.308. The van der Waals surface area contributed by atoms with Gasteiger partial charge in [-0.1, -0.05) is 0 Å². The van der Waals surface area contributed by atoms with E-state index in [1.807, 2.05) is 0 Å². The Hall–Kier alpha value is -2.57. The highest BCUT2D eigenvalue weighted by Crippen LogP contribution is 2.17. The van der Waals surface area contributed by atoms with E-state index in [0.29, 0.717) is 36.1 Å². The molecule has 0 saturated carbocycles. The van der Waals surface area contributed by atoms with Crippen LogP contribution in [0.5, 0.6) is 0 Å². The van der Waals surface area contributed by atoms with Gasteiger partial charge in [0.1, 0.15) is 0 Å². The molecule has 1 aromatic heterocycles. The highest BCUT2D eigenvalue weighted by atomic mass is 16.2. The molecule has 0 spiro atoms. The van der Waals surface area contributed by atoms with Crippen LogP contribution in [0.4, 0.5) is 5.69 Å². The lowest BCUT2D eigenvalue weighted by molar-refractivity contribution is -0.126. The van der Waals surface area contributed by atoms with Gasteiger partial charge in [0.05, 0.1) is 17.0 Å². The Morgan fingerprint density at radius 1 is 1.20 bits per heavy atom. The van der Waals surface area contributed by atoms with Crippen molar-refractivity contribution in [2.75, 3.05) is 11.9 Å². The van der Waals surface area contributed by atoms with Crippen molar-refractivity contribution < 1.29 is 9.59 Å². The molecule has 7 heteroatoms. The summed E-state index contributed by atoms with van der Waals surface area (Å²) in [4.78, 5) is 39.6. The topological polar surface area (TPSA) is 107 Å². The second kappa shape index (κ2) is 4.84. The highest BCUT2D eigenvalue weighted by Gasteiger charge is 2.24. The first-order valence-electron chi connectivity index (χ1n) is 6.41. The second-order valence-electron chi connectivity index (χ2n) is 4.87. The fourth-order valence-electron chi connectivity index (χ4n) is 2.31. The molecule has 1 unspecified atom stereocenters. The van der Waals surface area contributed by atoms with Gasteiger partial charge in [-0.3, -0.25) is 9.59 Å². The van der Waals surface area contributed by atoms with Crippen LogP contribution in [0.3, 0.4) is 0 Å². The smallest absolute Gasteiger partial charge is 0.323 e. The molecule has 0 aliphatic carbocycles. The number of H-pyrrole nitrogens is 2. The van der Waals surface area contributed by atoms with Crippen LogP contribution >= 0.6 is 0 Å². The summed E-state index contributed by atoms with van der Waals surface area (Å²) < 4.78 is 0. The lowest BCUT2D eigenvalue weighted by atomic mass is 9.98. The van der Waals surface area contributed by atoms with Gasteiger partial charge in [0.15, 0.2) is 0 Å². The summed E-state index contributed by atoms with van der Waals surface area (Å²) in [6.45, 7) is 0.369. The number of hydrogen-bond acceptors (Lipinski definition) is 3. The van der Waals surface area contributed by atoms with Crippen molar-refractivity contribution in [1.29, 1.82) is 0 Å². The van der Waals surface area contributed by atoms with Crippen LogP contribution in [0, 0.1) is 5.92 Å². The molecular weight excluding hydrogens is 260 g/mol. The number of benzene rings is 1. The van der Waals surface area contributed by atoms with Crippen molar-refractivity contribution >= 4 is 28.5 Å². The summed E-state index contributed by atoms with van der Waals surface area (Å²) in [7, 11) is 0. The van der Waals surface area contributed by atoms with E-state index in [9.17, 15) is 14.4 Å². The number of carbonyl (C=O) groups excluding carboxylic acids is 2. The van der Waals surface area contributed by atoms with Crippen molar-refractivity contribution in [2.45, 2.75) is 12.8 Å². The summed E-state index contributed by atoms with van der Waals surface area (Å²) in [5, 5.41) is 5.48. The number of hydrogen-bond donors (Lipinski definition) is 4. The molecule has 1 saturated heterocycles. The third-order valence-corrected chi connectivity index (χ3v) is 3.42. The summed E-state index contributed by atoms with van der Waals surface area (Å²) in [6, 6.07) is 5.16. The van der Waals surface area contributed by atoms with E-state index in [4.69, 9.17) is 0 Å². The van der Waals surface area contributed by atoms with Crippen molar-refractivity contribution in [2.24, 2.45) is 5.92 Å². The predicted octanol–water partition coefficient (Wildman–Crippen LogP) is 0.321. The van der Waals surface area contributed by atoms with Gasteiger partial charge < -0.3 is 20.6 Å². The molecule has 4 N–H and O–H groups in total. The van der Waals surface area contributed by atoms with Crippen molar-refractivity contribution in [1.82, 2.24) is 15.3 Å². The summed E-state index contributed by atoms with van der Waals surface area (Å²) in [6.07, 6.45) is 0.934. The number of piperidine rings is 1. The quantitative estimate of drug-likeness (QED) is 0.633. The number of aromatic nitrogens is 2. The Bertz CT molecular complexity index is 721. The molecule has 2 amide bonds. The molecular formula is C13H14N4O3. The first-order chi connectivity index (χ1) is 9.61. The highest BCUT2D eigenvalue weighted by molar-refractivity contribution is 5.95. The van der Waals surface area contributed by atoms with E-state index in [1.165, 1.54) is 0 Å². The molecule has 2 aromatic rings. The number of amides is 2. The van der Waals surface area contributed by atoms with Crippen LogP contribution in [0.2, 0.25) is 0 Å². The number of nitrogens with one attached hydrogen (secondary N) is 4. The molecule has 2 heterocycles. The van der Waals surface area contributed by atoms with Crippen molar-refractivity contribution in [3.63, 3.8) is 0 Å². The van der Waals surface area contributed by atoms with E-state index in [2.05, 4.69) is 20.6 Å². The standard InChI is InChI=1S/C13H14N4O3/c18-11-4-1-7(6-14-11)12(19)15-8-2-3-9-10(5-8)17-13(20)16-9/h2-3,5,7H,1,4,6H2,(H,14,18)(H,15,19)(H2,16,17,20). The van der Waals surface area contributed by atoms with Gasteiger partial charge in [0.2, 0.25) is 11.8 Å². The molecule has 0 radical (unpaired) electrons. The van der Waals surface area contributed by atoms with E-state index in [0.717, 1.165) is 0 Å². The molecule has 7 nitrogen and oxygen atoms in total. The number of aromatic amines is 2. The Balaban J connectivity index is 1.73. The Morgan fingerprint density at radius 3 is 2.75 bits per heavy atom. The van der Waals surface area contributed by atoms with Crippen LogP contribution in [-0.4, -0.2) is 28.3 Å². The second-order valence-corrected chi connectivity index (χ2v) is 4.87. The first-order valence-corrected chi connectivity index (χ1v) is 6.41. The first kappa shape index (κ1) is 12.5. The van der Waals surface area contributed by atoms with Crippen LogP contribution in [-0.2, 0) is 9.59 Å². The summed E-state index contributed by atoms with van der Waals surface area (Å²) in [5.74, 6) is -0.351. The third-order valence-electron chi connectivity index (χ3n) is 3.42. The van der Waals surface area contributed by atoms with Gasteiger partial charge in [-0.05, 0) is 24.6 Å².